The highest BCUT2D eigenvalue weighted by atomic mass is 35.5. The molecule has 0 saturated carbocycles. The van der Waals surface area contributed by atoms with Crippen molar-refractivity contribution in [1.29, 1.82) is 0 Å². The maximum atomic E-state index is 8.40. The quantitative estimate of drug-likeness (QED) is 0.320. The molecule has 1 aromatic heterocycles. The molecule has 24 heavy (non-hydrogen) atoms. The zero-order valence-corrected chi connectivity index (χ0v) is 13.2. The summed E-state index contributed by atoms with van der Waals surface area (Å²) < 4.78 is 46.8. The molecule has 0 saturated heterocycles. The van der Waals surface area contributed by atoms with E-state index in [4.69, 9.17) is 22.9 Å². The van der Waals surface area contributed by atoms with E-state index in [2.05, 4.69) is 0 Å². The Bertz CT molecular complexity index is 1440. The van der Waals surface area contributed by atoms with Crippen LogP contribution in [-0.2, 0) is 0 Å². The van der Waals surface area contributed by atoms with Crippen LogP contribution in [0.15, 0.2) is 83.2 Å². The normalized spacial score (nSPS) is 14.5. The molecular formula is C22H13ClO. The smallest absolute Gasteiger partial charge is 0.143 e. The Morgan fingerprint density at radius 1 is 0.792 bits per heavy atom. The monoisotopic (exact) mass is 333 g/mol. The van der Waals surface area contributed by atoms with Crippen molar-refractivity contribution in [1.82, 2.24) is 0 Å². The van der Waals surface area contributed by atoms with Crippen molar-refractivity contribution >= 4 is 44.3 Å². The van der Waals surface area contributed by atoms with E-state index in [1.54, 1.807) is 12.1 Å². The van der Waals surface area contributed by atoms with Gasteiger partial charge in [0, 0.05) is 21.2 Å². The molecule has 0 aliphatic carbocycles. The molecule has 4 aromatic carbocycles. The molecule has 0 N–H and O–H groups in total. The molecule has 1 heterocycles. The molecule has 0 amide bonds. The van der Waals surface area contributed by atoms with Crippen LogP contribution in [0.2, 0.25) is 5.02 Å². The van der Waals surface area contributed by atoms with Crippen LogP contribution >= 0.6 is 11.6 Å². The molecule has 0 radical (unpaired) electrons. The van der Waals surface area contributed by atoms with Gasteiger partial charge in [0.15, 0.2) is 0 Å². The largest absolute Gasteiger partial charge is 0.455 e. The maximum absolute atomic E-state index is 8.40. The van der Waals surface area contributed by atoms with Crippen LogP contribution in [0.5, 0.6) is 0 Å². The minimum Gasteiger partial charge on any atom is -0.455 e. The molecule has 0 bridgehead atoms. The molecule has 1 nitrogen and oxygen atoms in total. The lowest BCUT2D eigenvalue weighted by Crippen LogP contribution is -1.82. The molecule has 5 aromatic rings. The SMILES string of the molecule is [2H]c1c([2H])c([2H])c(-c2cc3c4cc(Cl)ccc4oc3c3ccccc23)c([2H])c1[2H]. The van der Waals surface area contributed by atoms with E-state index in [1.165, 1.54) is 0 Å². The molecule has 0 atom stereocenters. The number of halogens is 1. The van der Waals surface area contributed by atoms with Gasteiger partial charge in [-0.1, -0.05) is 66.1 Å². The Kier molecular flexibility index (Phi) is 2.03. The van der Waals surface area contributed by atoms with E-state index in [1.807, 2.05) is 36.4 Å². The number of fused-ring (bicyclic) bond motifs is 5. The third kappa shape index (κ3) is 1.95. The number of hydrogen-bond donors (Lipinski definition) is 0. The van der Waals surface area contributed by atoms with Gasteiger partial charge in [0.25, 0.3) is 0 Å². The average Bonchev–Trinajstić information content (AvgIpc) is 3.09. The Morgan fingerprint density at radius 3 is 2.42 bits per heavy atom. The lowest BCUT2D eigenvalue weighted by molar-refractivity contribution is 0.672. The van der Waals surface area contributed by atoms with E-state index in [0.717, 1.165) is 21.5 Å². The van der Waals surface area contributed by atoms with Crippen LogP contribution in [-0.4, -0.2) is 0 Å². The second-order valence-corrected chi connectivity index (χ2v) is 6.03. The first-order valence-electron chi connectivity index (χ1n) is 9.99. The predicted octanol–water partition coefficient (Wildman–Crippen LogP) is 7.06. The van der Waals surface area contributed by atoms with Crippen molar-refractivity contribution < 1.29 is 11.3 Å². The number of hydrogen-bond acceptors (Lipinski definition) is 1. The molecule has 0 unspecified atom stereocenters. The Hall–Kier alpha value is -2.77. The summed E-state index contributed by atoms with van der Waals surface area (Å²) in [6.45, 7) is 0. The van der Waals surface area contributed by atoms with Gasteiger partial charge in [0.2, 0.25) is 0 Å². The number of benzene rings is 4. The lowest BCUT2D eigenvalue weighted by Gasteiger charge is -2.08. The minimum atomic E-state index is -0.408. The predicted molar refractivity (Wildman–Crippen MR) is 102 cm³/mol. The van der Waals surface area contributed by atoms with E-state index in [9.17, 15) is 0 Å². The highest BCUT2D eigenvalue weighted by Gasteiger charge is 2.14. The van der Waals surface area contributed by atoms with Gasteiger partial charge in [-0.25, -0.2) is 0 Å². The first-order valence-corrected chi connectivity index (χ1v) is 7.87. The van der Waals surface area contributed by atoms with Gasteiger partial charge < -0.3 is 4.42 Å². The van der Waals surface area contributed by atoms with E-state index >= 15 is 0 Å². The van der Waals surface area contributed by atoms with Crippen LogP contribution in [0.25, 0.3) is 43.8 Å². The van der Waals surface area contributed by atoms with Crippen molar-refractivity contribution in [2.45, 2.75) is 0 Å². The molecule has 0 fully saturated rings. The van der Waals surface area contributed by atoms with Crippen molar-refractivity contribution in [3.63, 3.8) is 0 Å². The zero-order valence-electron chi connectivity index (χ0n) is 17.4. The summed E-state index contributed by atoms with van der Waals surface area (Å²) in [5.41, 5.74) is 2.08. The zero-order chi connectivity index (χ0) is 20.4. The van der Waals surface area contributed by atoms with Gasteiger partial charge in [0.1, 0.15) is 11.2 Å². The van der Waals surface area contributed by atoms with Gasteiger partial charge >= 0.3 is 0 Å². The second-order valence-electron chi connectivity index (χ2n) is 5.59. The Balaban J connectivity index is 2.02. The Labute approximate surface area is 151 Å². The molecule has 114 valence electrons. The van der Waals surface area contributed by atoms with Crippen LogP contribution < -0.4 is 0 Å². The van der Waals surface area contributed by atoms with Gasteiger partial charge in [-0.15, -0.1) is 0 Å². The van der Waals surface area contributed by atoms with Crippen LogP contribution in [0, 0.1) is 0 Å². The van der Waals surface area contributed by atoms with Gasteiger partial charge in [-0.05, 0) is 40.8 Å². The topological polar surface area (TPSA) is 13.1 Å². The van der Waals surface area contributed by atoms with Crippen molar-refractivity contribution in [3.8, 4) is 11.1 Å². The van der Waals surface area contributed by atoms with E-state index in [-0.39, 0.29) is 29.7 Å². The average molecular weight is 334 g/mol. The Morgan fingerprint density at radius 2 is 1.58 bits per heavy atom. The van der Waals surface area contributed by atoms with Gasteiger partial charge in [0.05, 0.1) is 6.85 Å². The first-order chi connectivity index (χ1) is 13.9. The van der Waals surface area contributed by atoms with Crippen LogP contribution in [0.3, 0.4) is 0 Å². The molecule has 0 aliphatic rings. The third-order valence-corrected chi connectivity index (χ3v) is 4.44. The highest BCUT2D eigenvalue weighted by Crippen LogP contribution is 2.40. The summed E-state index contributed by atoms with van der Waals surface area (Å²) in [5, 5.41) is 3.72. The fourth-order valence-corrected chi connectivity index (χ4v) is 3.33. The maximum Gasteiger partial charge on any atom is 0.143 e. The summed E-state index contributed by atoms with van der Waals surface area (Å²) in [6, 6.07) is 13.1. The third-order valence-electron chi connectivity index (χ3n) is 4.21. The van der Waals surface area contributed by atoms with Gasteiger partial charge in [-0.2, -0.15) is 0 Å². The summed E-state index contributed by atoms with van der Waals surface area (Å²) in [5.74, 6) is 0. The van der Waals surface area contributed by atoms with Crippen LogP contribution in [0.1, 0.15) is 6.85 Å². The summed E-state index contributed by atoms with van der Waals surface area (Å²) in [6.07, 6.45) is 0. The van der Waals surface area contributed by atoms with E-state index < -0.39 is 6.04 Å². The standard InChI is InChI=1S/C22H13ClO/c23-15-10-11-21-19(12-15)20-13-18(14-6-2-1-3-7-14)16-8-4-5-9-17(16)22(20)24-21/h1-13H/i1D,2D,3D,6D,7D. The fraction of sp³-hybridized carbons (Fsp3) is 0. The van der Waals surface area contributed by atoms with E-state index in [0.29, 0.717) is 21.8 Å². The summed E-state index contributed by atoms with van der Waals surface area (Å²) >= 11 is 6.19. The number of furan rings is 1. The minimum absolute atomic E-state index is 0.172. The molecule has 0 aliphatic heterocycles. The highest BCUT2D eigenvalue weighted by molar-refractivity contribution is 6.32. The van der Waals surface area contributed by atoms with Gasteiger partial charge in [-0.3, -0.25) is 0 Å². The summed E-state index contributed by atoms with van der Waals surface area (Å²) in [4.78, 5) is 0. The second kappa shape index (κ2) is 5.12. The summed E-state index contributed by atoms with van der Waals surface area (Å²) in [7, 11) is 0. The van der Waals surface area contributed by atoms with Crippen molar-refractivity contribution in [3.05, 3.63) is 83.8 Å². The number of rotatable bonds is 1. The van der Waals surface area contributed by atoms with Crippen molar-refractivity contribution in [2.75, 3.05) is 0 Å². The first kappa shape index (κ1) is 9.51. The molecular weight excluding hydrogens is 316 g/mol. The molecule has 5 rings (SSSR count). The molecule has 2 heteroatoms. The van der Waals surface area contributed by atoms with Crippen LogP contribution in [0.4, 0.5) is 0 Å². The lowest BCUT2D eigenvalue weighted by atomic mass is 9.95. The fourth-order valence-electron chi connectivity index (χ4n) is 3.16. The van der Waals surface area contributed by atoms with Crippen molar-refractivity contribution in [2.24, 2.45) is 0 Å². The molecule has 0 spiro atoms.